The number of nitrogens with zero attached hydrogens (tertiary/aromatic N) is 1. The van der Waals surface area contributed by atoms with Gasteiger partial charge in [0.25, 0.3) is 0 Å². The molecule has 0 N–H and O–H groups in total. The fraction of sp³-hybridized carbons (Fsp3) is 0.577. The summed E-state index contributed by atoms with van der Waals surface area (Å²) in [6.07, 6.45) is 6.03. The predicted molar refractivity (Wildman–Crippen MR) is 136 cm³/mol. The molecule has 3 unspecified atom stereocenters. The molecule has 0 spiro atoms. The Bertz CT molecular complexity index is 791. The molecule has 3 rings (SSSR count). The van der Waals surface area contributed by atoms with Gasteiger partial charge < -0.3 is 0 Å². The van der Waals surface area contributed by atoms with Crippen LogP contribution in [0.3, 0.4) is 0 Å². The molecule has 0 aliphatic carbocycles. The van der Waals surface area contributed by atoms with Crippen LogP contribution in [0, 0.1) is 10.8 Å². The molecule has 2 heterocycles. The average Bonchev–Trinajstić information content (AvgIpc) is 3.12. The van der Waals surface area contributed by atoms with E-state index in [2.05, 4.69) is 40.9 Å². The summed E-state index contributed by atoms with van der Waals surface area (Å²) >= 11 is -1.95. The van der Waals surface area contributed by atoms with Crippen molar-refractivity contribution in [1.29, 1.82) is 0 Å². The van der Waals surface area contributed by atoms with Crippen molar-refractivity contribution in [3.63, 3.8) is 0 Å². The van der Waals surface area contributed by atoms with Crippen LogP contribution in [0.1, 0.15) is 65.4 Å². The van der Waals surface area contributed by atoms with Gasteiger partial charge in [0.05, 0.1) is 0 Å². The van der Waals surface area contributed by atoms with Crippen molar-refractivity contribution in [3.05, 3.63) is 54.8 Å². The number of rotatable bonds is 8. The molecule has 1 aromatic rings. The summed E-state index contributed by atoms with van der Waals surface area (Å²) in [5.41, 5.74) is 2.92. The molecule has 0 saturated carbocycles. The standard InChI is InChI=1S/C26H38INO2/c1-7-9-15-25(5)16-23(30-19-25)17-27-18-26(6,8-2)21(4)28(24(27)29)20(3)22-13-11-10-12-14-22/h10-14,23H,3-4,7-9,15-19H2,1-2,5-6H3. The Morgan fingerprint density at radius 2 is 1.97 bits per heavy atom. The normalized spacial score (nSPS) is 30.7. The molecular weight excluding hydrogens is 485 g/mol. The number of carbonyl (C=O) groups excluding carboxylic acids is 1. The molecule has 2 aliphatic rings. The molecule has 2 aliphatic heterocycles. The minimum atomic E-state index is -1.95. The van der Waals surface area contributed by atoms with E-state index in [4.69, 9.17) is 4.74 Å². The van der Waals surface area contributed by atoms with E-state index >= 15 is 0 Å². The van der Waals surface area contributed by atoms with E-state index in [1.807, 2.05) is 35.2 Å². The summed E-state index contributed by atoms with van der Waals surface area (Å²) in [5, 5.41) is 0. The second-order valence-corrected chi connectivity index (χ2v) is 14.7. The Kier molecular flexibility index (Phi) is 7.49. The van der Waals surface area contributed by atoms with Crippen molar-refractivity contribution in [1.82, 2.24) is 4.90 Å². The van der Waals surface area contributed by atoms with E-state index in [1.165, 1.54) is 19.3 Å². The van der Waals surface area contributed by atoms with Crippen LogP contribution >= 0.6 is 19.8 Å². The van der Waals surface area contributed by atoms with Gasteiger partial charge >= 0.3 is 191 Å². The van der Waals surface area contributed by atoms with Crippen LogP contribution in [0.2, 0.25) is 0 Å². The monoisotopic (exact) mass is 523 g/mol. The Morgan fingerprint density at radius 1 is 1.27 bits per heavy atom. The number of halogens is 1. The van der Waals surface area contributed by atoms with Crippen LogP contribution in [-0.4, -0.2) is 30.4 Å². The number of amides is 1. The van der Waals surface area contributed by atoms with E-state index in [1.54, 1.807) is 0 Å². The number of unbranched alkanes of at least 4 members (excludes halogenated alkanes) is 1. The summed E-state index contributed by atoms with van der Waals surface area (Å²) in [7, 11) is 0. The molecule has 2 fully saturated rings. The maximum absolute atomic E-state index is 13.7. The quantitative estimate of drug-likeness (QED) is 0.153. The van der Waals surface area contributed by atoms with Crippen molar-refractivity contribution >= 4 is 29.4 Å². The van der Waals surface area contributed by atoms with E-state index < -0.39 is 19.8 Å². The fourth-order valence-corrected chi connectivity index (χ4v) is 11.5. The van der Waals surface area contributed by atoms with Crippen LogP contribution in [0.5, 0.6) is 0 Å². The number of alkyl halides is 2. The van der Waals surface area contributed by atoms with Crippen LogP contribution < -0.4 is 0 Å². The average molecular weight is 523 g/mol. The van der Waals surface area contributed by atoms with Crippen LogP contribution in [0.25, 0.3) is 5.70 Å². The van der Waals surface area contributed by atoms with Crippen molar-refractivity contribution in [2.24, 2.45) is 10.8 Å². The molecule has 3 nitrogen and oxygen atoms in total. The maximum atomic E-state index is 13.7. The van der Waals surface area contributed by atoms with Gasteiger partial charge in [0.15, 0.2) is 0 Å². The third-order valence-electron chi connectivity index (χ3n) is 6.86. The van der Waals surface area contributed by atoms with Gasteiger partial charge in [-0.15, -0.1) is 0 Å². The Morgan fingerprint density at radius 3 is 2.60 bits per heavy atom. The molecule has 166 valence electrons. The first-order chi connectivity index (χ1) is 14.2. The topological polar surface area (TPSA) is 29.5 Å². The van der Waals surface area contributed by atoms with Gasteiger partial charge in [0, 0.05) is 0 Å². The van der Waals surface area contributed by atoms with Crippen LogP contribution in [0.15, 0.2) is 49.2 Å². The zero-order valence-electron chi connectivity index (χ0n) is 19.2. The van der Waals surface area contributed by atoms with Gasteiger partial charge in [0.2, 0.25) is 0 Å². The Labute approximate surface area is 190 Å². The first-order valence-corrected chi connectivity index (χ1v) is 15.4. The number of benzene rings is 1. The van der Waals surface area contributed by atoms with Crippen LogP contribution in [-0.2, 0) is 4.74 Å². The number of ether oxygens (including phenoxy) is 1. The molecule has 1 amide bonds. The molecular formula is C26H38INO2. The second kappa shape index (κ2) is 9.56. The molecule has 0 radical (unpaired) electrons. The van der Waals surface area contributed by atoms with Crippen molar-refractivity contribution < 1.29 is 9.53 Å². The zero-order chi connectivity index (χ0) is 21.9. The van der Waals surface area contributed by atoms with Crippen molar-refractivity contribution in [2.75, 3.05) is 15.5 Å². The van der Waals surface area contributed by atoms with Crippen LogP contribution in [0.4, 0.5) is 4.79 Å². The van der Waals surface area contributed by atoms with Gasteiger partial charge in [-0.3, -0.25) is 0 Å². The van der Waals surface area contributed by atoms with Crippen molar-refractivity contribution in [3.8, 4) is 0 Å². The Balaban J connectivity index is 1.79. The number of carbonyl (C=O) groups is 1. The third-order valence-corrected chi connectivity index (χ3v) is 13.3. The van der Waals surface area contributed by atoms with E-state index in [9.17, 15) is 4.79 Å². The third kappa shape index (κ3) is 4.85. The fourth-order valence-electron chi connectivity index (χ4n) is 4.50. The first-order valence-electron chi connectivity index (χ1n) is 11.2. The summed E-state index contributed by atoms with van der Waals surface area (Å²) in [4.78, 5) is 15.6. The molecule has 2 saturated heterocycles. The zero-order valence-corrected chi connectivity index (χ0v) is 21.3. The number of hydrogen-bond acceptors (Lipinski definition) is 2. The van der Waals surface area contributed by atoms with Gasteiger partial charge in [0.1, 0.15) is 0 Å². The summed E-state index contributed by atoms with van der Waals surface area (Å²) in [6.45, 7) is 18.6. The van der Waals surface area contributed by atoms with Gasteiger partial charge in [-0.2, -0.15) is 0 Å². The molecule has 1 aromatic carbocycles. The van der Waals surface area contributed by atoms with E-state index in [-0.39, 0.29) is 20.8 Å². The number of allylic oxidation sites excluding steroid dienone is 1. The molecule has 4 heteroatoms. The van der Waals surface area contributed by atoms with E-state index in [0.29, 0.717) is 0 Å². The van der Waals surface area contributed by atoms with Gasteiger partial charge in [-0.05, 0) is 0 Å². The summed E-state index contributed by atoms with van der Waals surface area (Å²) < 4.78 is 8.48. The second-order valence-electron chi connectivity index (χ2n) is 9.56. The summed E-state index contributed by atoms with van der Waals surface area (Å²) in [6, 6.07) is 10.0. The molecule has 0 aromatic heterocycles. The SMILES string of the molecule is C=C(c1ccccc1)N1C(=C)C(C)(CC)CI(CC2CC(C)(CCCC)CO2)C1=O. The Hall–Kier alpha value is -1.14. The predicted octanol–water partition coefficient (Wildman–Crippen LogP) is 7.51. The summed E-state index contributed by atoms with van der Waals surface area (Å²) in [5.74, 6) is 0. The molecule has 30 heavy (non-hydrogen) atoms. The first kappa shape index (κ1) is 23.5. The van der Waals surface area contributed by atoms with E-state index in [0.717, 1.165) is 45.3 Å². The van der Waals surface area contributed by atoms with Crippen molar-refractivity contribution in [2.45, 2.75) is 65.9 Å². The van der Waals surface area contributed by atoms with Gasteiger partial charge in [-0.1, -0.05) is 0 Å². The number of hydrogen-bond donors (Lipinski definition) is 0. The molecule has 3 atom stereocenters. The molecule has 0 bridgehead atoms. The minimum absolute atomic E-state index is 0.0411. The van der Waals surface area contributed by atoms with Gasteiger partial charge in [-0.25, -0.2) is 0 Å².